The maximum atomic E-state index is 12.8. The fourth-order valence-electron chi connectivity index (χ4n) is 3.06. The van der Waals surface area contributed by atoms with E-state index in [0.29, 0.717) is 27.7 Å². The summed E-state index contributed by atoms with van der Waals surface area (Å²) in [5, 5.41) is 6.76. The minimum atomic E-state index is -0.244. The van der Waals surface area contributed by atoms with Crippen molar-refractivity contribution in [3.8, 4) is 0 Å². The molecule has 4 nitrogen and oxygen atoms in total. The van der Waals surface area contributed by atoms with Crippen LogP contribution in [0.25, 0.3) is 0 Å². The highest BCUT2D eigenvalue weighted by Gasteiger charge is 2.16. The van der Waals surface area contributed by atoms with E-state index < -0.39 is 0 Å². The lowest BCUT2D eigenvalue weighted by molar-refractivity contribution is -0.116. The highest BCUT2D eigenvalue weighted by atomic mass is 35.5. The minimum Gasteiger partial charge on any atom is -0.345 e. The Bertz CT molecular complexity index is 1040. The fourth-order valence-corrected chi connectivity index (χ4v) is 3.38. The van der Waals surface area contributed by atoms with Crippen molar-refractivity contribution in [2.45, 2.75) is 25.8 Å². The Hall–Kier alpha value is -2.82. The van der Waals surface area contributed by atoms with E-state index in [1.54, 1.807) is 36.4 Å². The van der Waals surface area contributed by atoms with Crippen LogP contribution in [-0.2, 0) is 11.2 Å². The number of para-hydroxylation sites is 1. The first-order valence-corrected chi connectivity index (χ1v) is 10.4. The van der Waals surface area contributed by atoms with Crippen molar-refractivity contribution >= 4 is 40.7 Å². The van der Waals surface area contributed by atoms with Crippen molar-refractivity contribution in [3.05, 3.63) is 99.5 Å². The Morgan fingerprint density at radius 1 is 0.900 bits per heavy atom. The van der Waals surface area contributed by atoms with Crippen molar-refractivity contribution < 1.29 is 9.59 Å². The van der Waals surface area contributed by atoms with E-state index in [4.69, 9.17) is 23.2 Å². The number of hydrogen-bond donors (Lipinski definition) is 2. The van der Waals surface area contributed by atoms with Gasteiger partial charge in [-0.1, -0.05) is 71.7 Å². The topological polar surface area (TPSA) is 58.2 Å². The van der Waals surface area contributed by atoms with Crippen molar-refractivity contribution in [3.63, 3.8) is 0 Å². The normalized spacial score (nSPS) is 11.6. The summed E-state index contributed by atoms with van der Waals surface area (Å²) in [6.07, 6.45) is 0.774. The van der Waals surface area contributed by atoms with Crippen LogP contribution >= 0.6 is 23.2 Å². The number of rotatable bonds is 7. The second-order valence-corrected chi connectivity index (χ2v) is 7.76. The van der Waals surface area contributed by atoms with E-state index in [9.17, 15) is 9.59 Å². The Labute approximate surface area is 186 Å². The van der Waals surface area contributed by atoms with Crippen molar-refractivity contribution in [2.75, 3.05) is 5.32 Å². The summed E-state index contributed by atoms with van der Waals surface area (Å²) in [6, 6.07) is 21.8. The quantitative estimate of drug-likeness (QED) is 0.469. The largest absolute Gasteiger partial charge is 0.345 e. The molecule has 3 rings (SSSR count). The molecule has 2 N–H and O–H groups in total. The van der Waals surface area contributed by atoms with Gasteiger partial charge in [-0.05, 0) is 48.7 Å². The lowest BCUT2D eigenvalue weighted by Crippen LogP contribution is -2.28. The molecule has 30 heavy (non-hydrogen) atoms. The number of amides is 2. The fraction of sp³-hybridized carbons (Fsp3) is 0.167. The van der Waals surface area contributed by atoms with Gasteiger partial charge in [0, 0.05) is 6.42 Å². The summed E-state index contributed by atoms with van der Waals surface area (Å²) in [4.78, 5) is 25.2. The molecule has 0 aliphatic heterocycles. The molecule has 154 valence electrons. The van der Waals surface area contributed by atoms with Crippen molar-refractivity contribution in [2.24, 2.45) is 0 Å². The average molecular weight is 441 g/mol. The molecule has 0 fully saturated rings. The molecule has 0 spiro atoms. The first kappa shape index (κ1) is 21.9. The van der Waals surface area contributed by atoms with Gasteiger partial charge < -0.3 is 10.6 Å². The molecule has 6 heteroatoms. The number of anilines is 1. The first-order valence-electron chi connectivity index (χ1n) is 9.62. The third-order valence-corrected chi connectivity index (χ3v) is 5.46. The molecule has 0 unspecified atom stereocenters. The molecule has 3 aromatic carbocycles. The lowest BCUT2D eigenvalue weighted by atomic mass is 10.1. The maximum absolute atomic E-state index is 12.8. The van der Waals surface area contributed by atoms with E-state index >= 15 is 0 Å². The molecule has 0 radical (unpaired) electrons. The van der Waals surface area contributed by atoms with Crippen LogP contribution in [0.5, 0.6) is 0 Å². The standard InChI is InChI=1S/C24H22Cl2N2O2/c1-16(18-7-3-2-4-8-18)27-24(30)19-9-5-6-10-22(19)28-23(29)14-12-17-11-13-20(25)21(26)15-17/h2-11,13,15-16H,12,14H2,1H3,(H,27,30)(H,28,29)/t16-/m1/s1. The molecule has 0 aromatic heterocycles. The van der Waals surface area contributed by atoms with Gasteiger partial charge in [0.2, 0.25) is 5.91 Å². The van der Waals surface area contributed by atoms with E-state index in [0.717, 1.165) is 11.1 Å². The van der Waals surface area contributed by atoms with E-state index in [-0.39, 0.29) is 24.3 Å². The average Bonchev–Trinajstić information content (AvgIpc) is 2.75. The molecule has 0 aliphatic carbocycles. The number of carbonyl (C=O) groups excluding carboxylic acids is 2. The van der Waals surface area contributed by atoms with Crippen LogP contribution in [0, 0.1) is 0 Å². The molecular formula is C24H22Cl2N2O2. The Morgan fingerprint density at radius 2 is 1.60 bits per heavy atom. The second kappa shape index (κ2) is 10.3. The van der Waals surface area contributed by atoms with Crippen LogP contribution in [0.2, 0.25) is 10.0 Å². The molecule has 0 saturated heterocycles. The summed E-state index contributed by atoms with van der Waals surface area (Å²) < 4.78 is 0. The molecular weight excluding hydrogens is 419 g/mol. The molecule has 0 aliphatic rings. The summed E-state index contributed by atoms with van der Waals surface area (Å²) in [5.74, 6) is -0.427. The van der Waals surface area contributed by atoms with Gasteiger partial charge in [-0.15, -0.1) is 0 Å². The van der Waals surface area contributed by atoms with Gasteiger partial charge in [0.25, 0.3) is 5.91 Å². The van der Waals surface area contributed by atoms with Crippen LogP contribution in [-0.4, -0.2) is 11.8 Å². The zero-order valence-corrected chi connectivity index (χ0v) is 18.0. The zero-order chi connectivity index (χ0) is 21.5. The molecule has 2 amide bonds. The highest BCUT2D eigenvalue weighted by molar-refractivity contribution is 6.42. The van der Waals surface area contributed by atoms with Crippen LogP contribution in [0.15, 0.2) is 72.8 Å². The Morgan fingerprint density at radius 3 is 2.33 bits per heavy atom. The SMILES string of the molecule is C[C@@H](NC(=O)c1ccccc1NC(=O)CCc1ccc(Cl)c(Cl)c1)c1ccccc1. The van der Waals surface area contributed by atoms with Crippen LogP contribution in [0.1, 0.15) is 40.9 Å². The van der Waals surface area contributed by atoms with Gasteiger partial charge in [-0.25, -0.2) is 0 Å². The second-order valence-electron chi connectivity index (χ2n) is 6.95. The van der Waals surface area contributed by atoms with Gasteiger partial charge >= 0.3 is 0 Å². The Balaban J connectivity index is 1.63. The highest BCUT2D eigenvalue weighted by Crippen LogP contribution is 2.23. The van der Waals surface area contributed by atoms with Gasteiger partial charge in [0.1, 0.15) is 0 Å². The van der Waals surface area contributed by atoms with E-state index in [2.05, 4.69) is 10.6 Å². The smallest absolute Gasteiger partial charge is 0.253 e. The van der Waals surface area contributed by atoms with E-state index in [1.165, 1.54) is 0 Å². The maximum Gasteiger partial charge on any atom is 0.253 e. The number of aryl methyl sites for hydroxylation is 1. The van der Waals surface area contributed by atoms with Crippen LogP contribution in [0.4, 0.5) is 5.69 Å². The third kappa shape index (κ3) is 5.85. The summed E-state index contributed by atoms with van der Waals surface area (Å²) in [7, 11) is 0. The van der Waals surface area contributed by atoms with E-state index in [1.807, 2.05) is 43.3 Å². The Kier molecular flexibility index (Phi) is 7.50. The first-order chi connectivity index (χ1) is 14.4. The zero-order valence-electron chi connectivity index (χ0n) is 16.5. The summed E-state index contributed by atoms with van der Waals surface area (Å²) >= 11 is 11.9. The van der Waals surface area contributed by atoms with Gasteiger partial charge in [-0.2, -0.15) is 0 Å². The summed E-state index contributed by atoms with van der Waals surface area (Å²) in [6.45, 7) is 1.92. The minimum absolute atomic E-state index is 0.155. The summed E-state index contributed by atoms with van der Waals surface area (Å²) in [5.41, 5.74) is 2.83. The number of benzene rings is 3. The van der Waals surface area contributed by atoms with Gasteiger partial charge in [0.05, 0.1) is 27.3 Å². The number of hydrogen-bond acceptors (Lipinski definition) is 2. The van der Waals surface area contributed by atoms with Gasteiger partial charge in [-0.3, -0.25) is 9.59 Å². The number of nitrogens with one attached hydrogen (secondary N) is 2. The number of carbonyl (C=O) groups is 2. The van der Waals surface area contributed by atoms with Gasteiger partial charge in [0.15, 0.2) is 0 Å². The van der Waals surface area contributed by atoms with Crippen molar-refractivity contribution in [1.82, 2.24) is 5.32 Å². The molecule has 3 aromatic rings. The van der Waals surface area contributed by atoms with Crippen LogP contribution in [0.3, 0.4) is 0 Å². The van der Waals surface area contributed by atoms with Crippen molar-refractivity contribution in [1.29, 1.82) is 0 Å². The number of halogens is 2. The molecule has 1 atom stereocenters. The predicted molar refractivity (Wildman–Crippen MR) is 122 cm³/mol. The molecule has 0 bridgehead atoms. The predicted octanol–water partition coefficient (Wildman–Crippen LogP) is 6.06. The molecule has 0 heterocycles. The third-order valence-electron chi connectivity index (χ3n) is 4.72. The lowest BCUT2D eigenvalue weighted by Gasteiger charge is -2.16. The molecule has 0 saturated carbocycles. The monoisotopic (exact) mass is 440 g/mol. The van der Waals surface area contributed by atoms with Crippen LogP contribution < -0.4 is 10.6 Å².